The number of aromatic amines is 1. The lowest BCUT2D eigenvalue weighted by Crippen LogP contribution is -2.35. The van der Waals surface area contributed by atoms with Crippen LogP contribution in [0.2, 0.25) is 0 Å². The summed E-state index contributed by atoms with van der Waals surface area (Å²) in [5.41, 5.74) is 1.28. The van der Waals surface area contributed by atoms with Gasteiger partial charge in [0.1, 0.15) is 0 Å². The van der Waals surface area contributed by atoms with Crippen LogP contribution in [0.4, 0.5) is 0 Å². The molecule has 1 aliphatic rings. The molecule has 0 bridgehead atoms. The molecule has 0 aliphatic carbocycles. The second kappa shape index (κ2) is 6.36. The summed E-state index contributed by atoms with van der Waals surface area (Å²) in [6, 6.07) is 6.84. The zero-order valence-corrected chi connectivity index (χ0v) is 10.8. The summed E-state index contributed by atoms with van der Waals surface area (Å²) in [5.74, 6) is 4.58. The molecule has 1 aromatic carbocycles. The molecule has 5 nitrogen and oxygen atoms in total. The number of piperidine rings is 1. The number of nitrogens with two attached hydrogens (primary N) is 1. The van der Waals surface area contributed by atoms with Crippen LogP contribution >= 0.6 is 0 Å². The van der Waals surface area contributed by atoms with Gasteiger partial charge in [-0.2, -0.15) is 0 Å². The standard InChI is InChI=1S/C9H7NO2.C5H12N2/c11-9(12)7-1-2-8-6(5-7)3-4-10-8;6-7-4-2-1-3-5-7/h1-5,10H,(H,11,12);1-6H2. The largest absolute Gasteiger partial charge is 0.478 e. The number of hydrogen-bond donors (Lipinski definition) is 3. The number of nitrogens with one attached hydrogen (secondary N) is 1. The van der Waals surface area contributed by atoms with Gasteiger partial charge in [-0.05, 0) is 37.1 Å². The average molecular weight is 261 g/mol. The van der Waals surface area contributed by atoms with E-state index in [1.807, 2.05) is 11.1 Å². The summed E-state index contributed by atoms with van der Waals surface area (Å²) in [7, 11) is 0. The van der Waals surface area contributed by atoms with Crippen molar-refractivity contribution in [1.82, 2.24) is 9.99 Å². The van der Waals surface area contributed by atoms with Crippen LogP contribution in [0, 0.1) is 0 Å². The van der Waals surface area contributed by atoms with Gasteiger partial charge in [0.2, 0.25) is 0 Å². The van der Waals surface area contributed by atoms with Gasteiger partial charge in [0.05, 0.1) is 5.56 Å². The summed E-state index contributed by atoms with van der Waals surface area (Å²) < 4.78 is 0. The number of H-pyrrole nitrogens is 1. The monoisotopic (exact) mass is 261 g/mol. The van der Waals surface area contributed by atoms with Crippen molar-refractivity contribution >= 4 is 16.9 Å². The van der Waals surface area contributed by atoms with Crippen LogP contribution in [-0.2, 0) is 0 Å². The Bertz CT molecular complexity index is 544. The maximum Gasteiger partial charge on any atom is 0.335 e. The third kappa shape index (κ3) is 3.81. The molecule has 0 unspecified atom stereocenters. The van der Waals surface area contributed by atoms with Gasteiger partial charge in [0.25, 0.3) is 0 Å². The van der Waals surface area contributed by atoms with Crippen molar-refractivity contribution in [1.29, 1.82) is 0 Å². The number of rotatable bonds is 1. The summed E-state index contributed by atoms with van der Waals surface area (Å²) >= 11 is 0. The normalized spacial score (nSPS) is 15.8. The van der Waals surface area contributed by atoms with Crippen LogP contribution in [0.3, 0.4) is 0 Å². The molecule has 2 aromatic rings. The first-order valence-corrected chi connectivity index (χ1v) is 6.47. The van der Waals surface area contributed by atoms with Gasteiger partial charge in [0.15, 0.2) is 0 Å². The summed E-state index contributed by atoms with van der Waals surface area (Å²) in [5, 5.41) is 11.5. The van der Waals surface area contributed by atoms with Gasteiger partial charge < -0.3 is 10.1 Å². The summed E-state index contributed by atoms with van der Waals surface area (Å²) in [6.45, 7) is 2.19. The maximum absolute atomic E-state index is 10.6. The van der Waals surface area contributed by atoms with Gasteiger partial charge in [-0.25, -0.2) is 9.80 Å². The van der Waals surface area contributed by atoms with Crippen LogP contribution in [0.1, 0.15) is 29.6 Å². The van der Waals surface area contributed by atoms with Crippen LogP contribution < -0.4 is 5.84 Å². The van der Waals surface area contributed by atoms with Gasteiger partial charge in [-0.3, -0.25) is 5.84 Å². The van der Waals surface area contributed by atoms with E-state index in [1.54, 1.807) is 24.4 Å². The van der Waals surface area contributed by atoms with E-state index < -0.39 is 5.97 Å². The molecule has 0 spiro atoms. The topological polar surface area (TPSA) is 82.3 Å². The molecule has 0 saturated carbocycles. The number of carboxylic acid groups (broad SMARTS) is 1. The second-order valence-corrected chi connectivity index (χ2v) is 4.68. The lowest BCUT2D eigenvalue weighted by Gasteiger charge is -2.20. The predicted octanol–water partition coefficient (Wildman–Crippen LogP) is 2.21. The highest BCUT2D eigenvalue weighted by Gasteiger charge is 2.03. The summed E-state index contributed by atoms with van der Waals surface area (Å²) in [6.07, 6.45) is 5.73. The van der Waals surface area contributed by atoms with E-state index in [0.29, 0.717) is 5.56 Å². The van der Waals surface area contributed by atoms with E-state index in [4.69, 9.17) is 10.9 Å². The molecule has 0 radical (unpaired) electrons. The van der Waals surface area contributed by atoms with Crippen LogP contribution in [-0.4, -0.2) is 34.2 Å². The highest BCUT2D eigenvalue weighted by Crippen LogP contribution is 2.13. The minimum absolute atomic E-state index is 0.321. The maximum atomic E-state index is 10.6. The Hall–Kier alpha value is -1.85. The molecule has 1 aromatic heterocycles. The van der Waals surface area contributed by atoms with Crippen molar-refractivity contribution in [3.63, 3.8) is 0 Å². The summed E-state index contributed by atoms with van der Waals surface area (Å²) in [4.78, 5) is 13.5. The van der Waals surface area contributed by atoms with Crippen molar-refractivity contribution in [2.24, 2.45) is 5.84 Å². The third-order valence-electron chi connectivity index (χ3n) is 3.19. The van der Waals surface area contributed by atoms with E-state index in [9.17, 15) is 4.79 Å². The Kier molecular flexibility index (Phi) is 4.54. The number of benzene rings is 1. The number of hydrogen-bond acceptors (Lipinski definition) is 3. The van der Waals surface area contributed by atoms with Crippen molar-refractivity contribution in [2.45, 2.75) is 19.3 Å². The first-order valence-electron chi connectivity index (χ1n) is 6.47. The molecule has 3 rings (SSSR count). The van der Waals surface area contributed by atoms with Crippen LogP contribution in [0.15, 0.2) is 30.5 Å². The molecule has 0 amide bonds. The van der Waals surface area contributed by atoms with E-state index >= 15 is 0 Å². The number of nitrogens with zero attached hydrogens (tertiary/aromatic N) is 1. The SMILES string of the molecule is NN1CCCCC1.O=C(O)c1ccc2[nH]ccc2c1. The number of fused-ring (bicyclic) bond motifs is 1. The Morgan fingerprint density at radius 2 is 1.95 bits per heavy atom. The molecule has 4 N–H and O–H groups in total. The smallest absolute Gasteiger partial charge is 0.335 e. The van der Waals surface area contributed by atoms with E-state index in [0.717, 1.165) is 24.0 Å². The first-order chi connectivity index (χ1) is 9.16. The molecule has 2 heterocycles. The van der Waals surface area contributed by atoms with E-state index in [1.165, 1.54) is 19.3 Å². The van der Waals surface area contributed by atoms with Crippen molar-refractivity contribution in [2.75, 3.05) is 13.1 Å². The van der Waals surface area contributed by atoms with Crippen molar-refractivity contribution < 1.29 is 9.90 Å². The molecule has 102 valence electrons. The number of aromatic nitrogens is 1. The third-order valence-corrected chi connectivity index (χ3v) is 3.19. The van der Waals surface area contributed by atoms with Gasteiger partial charge in [-0.15, -0.1) is 0 Å². The van der Waals surface area contributed by atoms with E-state index in [2.05, 4.69) is 4.98 Å². The highest BCUT2D eigenvalue weighted by molar-refractivity contribution is 5.93. The number of carbonyl (C=O) groups is 1. The predicted molar refractivity (Wildman–Crippen MR) is 74.9 cm³/mol. The molecule has 0 atom stereocenters. The van der Waals surface area contributed by atoms with E-state index in [-0.39, 0.29) is 0 Å². The molecular formula is C14H19N3O2. The minimum Gasteiger partial charge on any atom is -0.478 e. The Morgan fingerprint density at radius 3 is 2.53 bits per heavy atom. The van der Waals surface area contributed by atoms with Gasteiger partial charge >= 0.3 is 5.97 Å². The molecule has 19 heavy (non-hydrogen) atoms. The molecular weight excluding hydrogens is 242 g/mol. The fourth-order valence-electron chi connectivity index (χ4n) is 2.10. The minimum atomic E-state index is -0.891. The molecule has 5 heteroatoms. The lowest BCUT2D eigenvalue weighted by molar-refractivity contribution is 0.0697. The Morgan fingerprint density at radius 1 is 1.21 bits per heavy atom. The Balaban J connectivity index is 0.000000163. The van der Waals surface area contributed by atoms with Crippen molar-refractivity contribution in [3.8, 4) is 0 Å². The molecule has 1 saturated heterocycles. The van der Waals surface area contributed by atoms with Crippen LogP contribution in [0.25, 0.3) is 10.9 Å². The quantitative estimate of drug-likeness (QED) is 0.687. The zero-order valence-electron chi connectivity index (χ0n) is 10.8. The van der Waals surface area contributed by atoms with Gasteiger partial charge in [0, 0.05) is 30.2 Å². The zero-order chi connectivity index (χ0) is 13.7. The van der Waals surface area contributed by atoms with Crippen LogP contribution in [0.5, 0.6) is 0 Å². The Labute approximate surface area is 112 Å². The first kappa shape index (κ1) is 13.6. The van der Waals surface area contributed by atoms with Crippen molar-refractivity contribution in [3.05, 3.63) is 36.0 Å². The van der Waals surface area contributed by atoms with Gasteiger partial charge in [-0.1, -0.05) is 6.42 Å². The molecule has 1 aliphatic heterocycles. The number of aromatic carboxylic acids is 1. The molecule has 1 fully saturated rings. The number of hydrazine groups is 1. The fourth-order valence-corrected chi connectivity index (χ4v) is 2.10. The second-order valence-electron chi connectivity index (χ2n) is 4.68. The lowest BCUT2D eigenvalue weighted by atomic mass is 10.1. The average Bonchev–Trinajstić information content (AvgIpc) is 2.87. The highest BCUT2D eigenvalue weighted by atomic mass is 16.4. The number of carboxylic acids is 1. The fraction of sp³-hybridized carbons (Fsp3) is 0.357.